The molecule has 4 nitrogen and oxygen atoms in total. The Kier molecular flexibility index (Phi) is 5.16. The van der Waals surface area contributed by atoms with Crippen molar-refractivity contribution < 1.29 is 0 Å². The summed E-state index contributed by atoms with van der Waals surface area (Å²) in [4.78, 5) is 9.62. The van der Waals surface area contributed by atoms with Crippen molar-refractivity contribution in [2.24, 2.45) is 0 Å². The molecule has 0 unspecified atom stereocenters. The van der Waals surface area contributed by atoms with Crippen molar-refractivity contribution in [3.63, 3.8) is 0 Å². The van der Waals surface area contributed by atoms with Gasteiger partial charge in [-0.1, -0.05) is 6.92 Å². The zero-order valence-corrected chi connectivity index (χ0v) is 12.4. The molecule has 0 spiro atoms. The largest absolute Gasteiger partial charge is 0.354 e. The molecule has 106 valence electrons. The monoisotopic (exact) mass is 262 g/mol. The van der Waals surface area contributed by atoms with Gasteiger partial charge in [0.15, 0.2) is 0 Å². The van der Waals surface area contributed by atoms with Crippen LogP contribution >= 0.6 is 0 Å². The van der Waals surface area contributed by atoms with Crippen LogP contribution < -0.4 is 10.2 Å². The van der Waals surface area contributed by atoms with Gasteiger partial charge in [-0.25, -0.2) is 4.98 Å². The second-order valence-electron chi connectivity index (χ2n) is 5.34. The third-order valence-electron chi connectivity index (χ3n) is 3.70. The van der Waals surface area contributed by atoms with E-state index in [0.717, 1.165) is 38.5 Å². The molecule has 1 aliphatic heterocycles. The van der Waals surface area contributed by atoms with Crippen molar-refractivity contribution in [2.45, 2.75) is 26.8 Å². The van der Waals surface area contributed by atoms with Crippen LogP contribution in [-0.4, -0.2) is 49.7 Å². The maximum Gasteiger partial charge on any atom is 0.131 e. The number of anilines is 1. The first-order chi connectivity index (χ1) is 9.24. The van der Waals surface area contributed by atoms with E-state index in [-0.39, 0.29) is 0 Å². The van der Waals surface area contributed by atoms with Crippen LogP contribution in [0.25, 0.3) is 0 Å². The quantitative estimate of drug-likeness (QED) is 0.874. The molecule has 4 heteroatoms. The average Bonchev–Trinajstić information content (AvgIpc) is 2.41. The third kappa shape index (κ3) is 3.67. The van der Waals surface area contributed by atoms with E-state index in [1.54, 1.807) is 0 Å². The van der Waals surface area contributed by atoms with Crippen LogP contribution in [0, 0.1) is 6.92 Å². The maximum atomic E-state index is 4.66. The third-order valence-corrected chi connectivity index (χ3v) is 3.70. The van der Waals surface area contributed by atoms with Gasteiger partial charge in [-0.2, -0.15) is 0 Å². The molecule has 1 N–H and O–H groups in total. The highest BCUT2D eigenvalue weighted by Crippen LogP contribution is 2.19. The summed E-state index contributed by atoms with van der Waals surface area (Å²) in [6.45, 7) is 11.0. The molecule has 1 aromatic rings. The number of nitrogens with zero attached hydrogens (tertiary/aromatic N) is 3. The van der Waals surface area contributed by atoms with Crippen molar-refractivity contribution in [3.8, 4) is 0 Å². The molecular formula is C15H26N4. The van der Waals surface area contributed by atoms with Crippen LogP contribution in [0.2, 0.25) is 0 Å². The summed E-state index contributed by atoms with van der Waals surface area (Å²) >= 11 is 0. The highest BCUT2D eigenvalue weighted by atomic mass is 15.3. The Labute approximate surface area is 116 Å². The SMILES string of the molecule is CCCN1CCN(c2ncc(CNC)cc2C)CC1. The van der Waals surface area contributed by atoms with Crippen LogP contribution in [0.4, 0.5) is 5.82 Å². The van der Waals surface area contributed by atoms with Crippen LogP contribution in [0.1, 0.15) is 24.5 Å². The zero-order chi connectivity index (χ0) is 13.7. The summed E-state index contributed by atoms with van der Waals surface area (Å²) in [5.41, 5.74) is 2.55. The number of rotatable bonds is 5. The topological polar surface area (TPSA) is 31.4 Å². The number of pyridine rings is 1. The fourth-order valence-corrected chi connectivity index (χ4v) is 2.76. The molecule has 0 radical (unpaired) electrons. The van der Waals surface area contributed by atoms with Gasteiger partial charge < -0.3 is 10.2 Å². The summed E-state index contributed by atoms with van der Waals surface area (Å²) in [6.07, 6.45) is 3.24. The minimum Gasteiger partial charge on any atom is -0.354 e. The van der Waals surface area contributed by atoms with E-state index < -0.39 is 0 Å². The Balaban J connectivity index is 1.99. The smallest absolute Gasteiger partial charge is 0.131 e. The lowest BCUT2D eigenvalue weighted by Crippen LogP contribution is -2.47. The fourth-order valence-electron chi connectivity index (χ4n) is 2.76. The number of piperazine rings is 1. The highest BCUT2D eigenvalue weighted by molar-refractivity contribution is 5.47. The van der Waals surface area contributed by atoms with Crippen LogP contribution in [0.15, 0.2) is 12.3 Å². The molecule has 1 saturated heterocycles. The normalized spacial score (nSPS) is 16.9. The number of hydrogen-bond donors (Lipinski definition) is 1. The van der Waals surface area contributed by atoms with E-state index >= 15 is 0 Å². The number of aromatic nitrogens is 1. The molecule has 0 atom stereocenters. The van der Waals surface area contributed by atoms with Gasteiger partial charge in [0.1, 0.15) is 5.82 Å². The number of nitrogens with one attached hydrogen (secondary N) is 1. The van der Waals surface area contributed by atoms with Gasteiger partial charge in [0.2, 0.25) is 0 Å². The lowest BCUT2D eigenvalue weighted by Gasteiger charge is -2.36. The van der Waals surface area contributed by atoms with E-state index in [1.807, 2.05) is 13.2 Å². The van der Waals surface area contributed by atoms with Gasteiger partial charge in [0, 0.05) is 38.9 Å². The first-order valence-corrected chi connectivity index (χ1v) is 7.32. The van der Waals surface area contributed by atoms with Crippen LogP contribution in [0.3, 0.4) is 0 Å². The minimum atomic E-state index is 0.887. The van der Waals surface area contributed by atoms with Crippen molar-refractivity contribution in [1.82, 2.24) is 15.2 Å². The van der Waals surface area contributed by atoms with Crippen molar-refractivity contribution in [2.75, 3.05) is 44.7 Å². The average molecular weight is 262 g/mol. The molecule has 2 rings (SSSR count). The molecule has 0 saturated carbocycles. The zero-order valence-electron chi connectivity index (χ0n) is 12.4. The molecule has 1 aromatic heterocycles. The van der Waals surface area contributed by atoms with Crippen LogP contribution in [0.5, 0.6) is 0 Å². The van der Waals surface area contributed by atoms with Crippen molar-refractivity contribution >= 4 is 5.82 Å². The predicted octanol–water partition coefficient (Wildman–Crippen LogP) is 1.64. The minimum absolute atomic E-state index is 0.887. The van der Waals surface area contributed by atoms with E-state index in [1.165, 1.54) is 24.1 Å². The molecule has 19 heavy (non-hydrogen) atoms. The van der Waals surface area contributed by atoms with Gasteiger partial charge in [-0.15, -0.1) is 0 Å². The highest BCUT2D eigenvalue weighted by Gasteiger charge is 2.18. The molecule has 1 aliphatic rings. The predicted molar refractivity (Wildman–Crippen MR) is 80.7 cm³/mol. The fraction of sp³-hybridized carbons (Fsp3) is 0.667. The van der Waals surface area contributed by atoms with Gasteiger partial charge >= 0.3 is 0 Å². The van der Waals surface area contributed by atoms with Gasteiger partial charge in [-0.3, -0.25) is 4.90 Å². The van der Waals surface area contributed by atoms with E-state index in [4.69, 9.17) is 0 Å². The number of aryl methyl sites for hydroxylation is 1. The summed E-state index contributed by atoms with van der Waals surface area (Å²) in [5, 5.41) is 3.17. The lowest BCUT2D eigenvalue weighted by molar-refractivity contribution is 0.258. The van der Waals surface area contributed by atoms with Crippen molar-refractivity contribution in [1.29, 1.82) is 0 Å². The summed E-state index contributed by atoms with van der Waals surface area (Å²) in [5.74, 6) is 1.16. The molecule has 2 heterocycles. The van der Waals surface area contributed by atoms with E-state index in [0.29, 0.717) is 0 Å². The van der Waals surface area contributed by atoms with Crippen molar-refractivity contribution in [3.05, 3.63) is 23.4 Å². The second kappa shape index (κ2) is 6.87. The Morgan fingerprint density at radius 2 is 2.00 bits per heavy atom. The van der Waals surface area contributed by atoms with Gasteiger partial charge in [-0.05, 0) is 44.1 Å². The molecular weight excluding hydrogens is 236 g/mol. The van der Waals surface area contributed by atoms with Gasteiger partial charge in [0.25, 0.3) is 0 Å². The summed E-state index contributed by atoms with van der Waals surface area (Å²) in [6, 6.07) is 2.25. The van der Waals surface area contributed by atoms with Gasteiger partial charge in [0.05, 0.1) is 0 Å². The summed E-state index contributed by atoms with van der Waals surface area (Å²) in [7, 11) is 1.97. The Bertz CT molecular complexity index is 397. The first kappa shape index (κ1) is 14.3. The molecule has 0 aliphatic carbocycles. The molecule has 0 bridgehead atoms. The lowest BCUT2D eigenvalue weighted by atomic mass is 10.2. The van der Waals surface area contributed by atoms with Crippen LogP contribution in [-0.2, 0) is 6.54 Å². The standard InChI is InChI=1S/C15H26N4/c1-4-5-18-6-8-19(9-7-18)15-13(2)10-14(11-16-3)12-17-15/h10,12,16H,4-9,11H2,1-3H3. The molecule has 0 aromatic carbocycles. The van der Waals surface area contributed by atoms with E-state index in [9.17, 15) is 0 Å². The second-order valence-corrected chi connectivity index (χ2v) is 5.34. The summed E-state index contributed by atoms with van der Waals surface area (Å²) < 4.78 is 0. The Morgan fingerprint density at radius 1 is 1.26 bits per heavy atom. The first-order valence-electron chi connectivity index (χ1n) is 7.32. The Hall–Kier alpha value is -1.13. The van der Waals surface area contributed by atoms with E-state index in [2.05, 4.69) is 40.0 Å². The number of hydrogen-bond acceptors (Lipinski definition) is 4. The Morgan fingerprint density at radius 3 is 2.58 bits per heavy atom. The molecule has 0 amide bonds. The maximum absolute atomic E-state index is 4.66. The molecule has 1 fully saturated rings.